The van der Waals surface area contributed by atoms with E-state index in [2.05, 4.69) is 39.8 Å². The van der Waals surface area contributed by atoms with Gasteiger partial charge in [-0.15, -0.1) is 0 Å². The monoisotopic (exact) mass is 330 g/mol. The highest BCUT2D eigenvalue weighted by molar-refractivity contribution is 5.89. The first-order valence-electron chi connectivity index (χ1n) is 9.93. The molecule has 2 rings (SSSR count). The van der Waals surface area contributed by atoms with Gasteiger partial charge < -0.3 is 4.74 Å². The van der Waals surface area contributed by atoms with E-state index in [9.17, 15) is 4.79 Å². The van der Waals surface area contributed by atoms with Gasteiger partial charge in [0.25, 0.3) is 0 Å². The molecule has 1 aliphatic rings. The Hall–Kier alpha value is -1.31. The molecular formula is C22H34O2. The molecule has 0 atom stereocenters. The fourth-order valence-corrected chi connectivity index (χ4v) is 4.40. The number of benzene rings is 1. The molecular weight excluding hydrogens is 296 g/mol. The summed E-state index contributed by atoms with van der Waals surface area (Å²) in [5.41, 5.74) is 1.74. The van der Waals surface area contributed by atoms with Crippen LogP contribution in [0.25, 0.3) is 0 Å². The number of ether oxygens (including phenoxy) is 1. The van der Waals surface area contributed by atoms with Crippen LogP contribution in [0.3, 0.4) is 0 Å². The predicted molar refractivity (Wildman–Crippen MR) is 100 cm³/mol. The zero-order valence-corrected chi connectivity index (χ0v) is 15.9. The van der Waals surface area contributed by atoms with E-state index < -0.39 is 0 Å². The van der Waals surface area contributed by atoms with E-state index in [0.717, 1.165) is 25.7 Å². The predicted octanol–water partition coefficient (Wildman–Crippen LogP) is 6.50. The van der Waals surface area contributed by atoms with Gasteiger partial charge in [0.15, 0.2) is 0 Å². The second kappa shape index (κ2) is 8.69. The molecule has 0 amide bonds. The normalized spacial score (nSPS) is 15.9. The van der Waals surface area contributed by atoms with Gasteiger partial charge in [-0.3, -0.25) is 0 Å². The number of esters is 1. The first-order chi connectivity index (χ1) is 11.6. The van der Waals surface area contributed by atoms with Crippen molar-refractivity contribution in [2.45, 2.75) is 90.6 Å². The van der Waals surface area contributed by atoms with E-state index >= 15 is 0 Å². The lowest BCUT2D eigenvalue weighted by molar-refractivity contribution is -0.0554. The van der Waals surface area contributed by atoms with Crippen LogP contribution in [-0.2, 0) is 4.74 Å². The molecule has 2 heteroatoms. The maximum absolute atomic E-state index is 12.7. The molecule has 1 aromatic rings. The summed E-state index contributed by atoms with van der Waals surface area (Å²) >= 11 is 0. The molecule has 0 radical (unpaired) electrons. The summed E-state index contributed by atoms with van der Waals surface area (Å²) in [6.45, 7) is 8.75. The van der Waals surface area contributed by atoms with Gasteiger partial charge in [0.1, 0.15) is 5.60 Å². The lowest BCUT2D eigenvalue weighted by Crippen LogP contribution is -2.40. The molecule has 24 heavy (non-hydrogen) atoms. The Kier molecular flexibility index (Phi) is 6.89. The summed E-state index contributed by atoms with van der Waals surface area (Å²) in [5.74, 6) is 0.959. The summed E-state index contributed by atoms with van der Waals surface area (Å²) in [4.78, 5) is 12.7. The molecule has 0 bridgehead atoms. The Morgan fingerprint density at radius 3 is 2.04 bits per heavy atom. The fraction of sp³-hybridized carbons (Fsp3) is 0.682. The van der Waals surface area contributed by atoms with Crippen molar-refractivity contribution in [1.29, 1.82) is 0 Å². The third-order valence-corrected chi connectivity index (χ3v) is 6.20. The minimum Gasteiger partial charge on any atom is -0.455 e. The third kappa shape index (κ3) is 4.02. The van der Waals surface area contributed by atoms with Crippen molar-refractivity contribution in [1.82, 2.24) is 0 Å². The SMILES string of the molecule is CCC(CC)c1ccc(C(=O)OC(CC)(CC)C2CCCC2)cc1. The van der Waals surface area contributed by atoms with E-state index in [1.54, 1.807) is 0 Å². The summed E-state index contributed by atoms with van der Waals surface area (Å²) in [6.07, 6.45) is 9.03. The minimum atomic E-state index is -0.276. The van der Waals surface area contributed by atoms with Crippen molar-refractivity contribution in [3.63, 3.8) is 0 Å². The van der Waals surface area contributed by atoms with Crippen molar-refractivity contribution in [3.8, 4) is 0 Å². The molecule has 0 heterocycles. The number of carbonyl (C=O) groups excluding carboxylic acids is 1. The molecule has 0 aliphatic heterocycles. The Balaban J connectivity index is 2.12. The van der Waals surface area contributed by atoms with Crippen molar-refractivity contribution >= 4 is 5.97 Å². The smallest absolute Gasteiger partial charge is 0.338 e. The molecule has 1 saturated carbocycles. The van der Waals surface area contributed by atoms with Crippen LogP contribution in [0, 0.1) is 5.92 Å². The number of hydrogen-bond donors (Lipinski definition) is 0. The van der Waals surface area contributed by atoms with Crippen molar-refractivity contribution < 1.29 is 9.53 Å². The largest absolute Gasteiger partial charge is 0.455 e. The summed E-state index contributed by atoms with van der Waals surface area (Å²) in [6, 6.07) is 8.09. The number of rotatable bonds is 8. The number of hydrogen-bond acceptors (Lipinski definition) is 2. The zero-order valence-electron chi connectivity index (χ0n) is 15.9. The Morgan fingerprint density at radius 2 is 1.58 bits per heavy atom. The van der Waals surface area contributed by atoms with Crippen molar-refractivity contribution in [2.24, 2.45) is 5.92 Å². The number of carbonyl (C=O) groups is 1. The molecule has 0 spiro atoms. The van der Waals surface area contributed by atoms with Crippen molar-refractivity contribution in [3.05, 3.63) is 35.4 Å². The van der Waals surface area contributed by atoms with Crippen LogP contribution in [0.15, 0.2) is 24.3 Å². The topological polar surface area (TPSA) is 26.3 Å². The van der Waals surface area contributed by atoms with Crippen LogP contribution in [0.4, 0.5) is 0 Å². The Bertz CT molecular complexity index is 503. The second-order valence-corrected chi connectivity index (χ2v) is 7.28. The molecule has 1 aromatic carbocycles. The third-order valence-electron chi connectivity index (χ3n) is 6.20. The quantitative estimate of drug-likeness (QED) is 0.509. The van der Waals surface area contributed by atoms with Gasteiger partial charge in [0, 0.05) is 0 Å². The maximum atomic E-state index is 12.7. The van der Waals surface area contributed by atoms with Crippen LogP contribution in [-0.4, -0.2) is 11.6 Å². The van der Waals surface area contributed by atoms with Gasteiger partial charge in [-0.05, 0) is 68.1 Å². The average Bonchev–Trinajstić information content (AvgIpc) is 3.16. The van der Waals surface area contributed by atoms with E-state index in [-0.39, 0.29) is 11.6 Å². The molecule has 2 nitrogen and oxygen atoms in total. The molecule has 0 aromatic heterocycles. The maximum Gasteiger partial charge on any atom is 0.338 e. The van der Waals surface area contributed by atoms with Gasteiger partial charge in [-0.2, -0.15) is 0 Å². The molecule has 0 N–H and O–H groups in total. The highest BCUT2D eigenvalue weighted by Gasteiger charge is 2.40. The fourth-order valence-electron chi connectivity index (χ4n) is 4.40. The highest BCUT2D eigenvalue weighted by atomic mass is 16.6. The van der Waals surface area contributed by atoms with Crippen LogP contribution >= 0.6 is 0 Å². The van der Waals surface area contributed by atoms with Crippen LogP contribution in [0.5, 0.6) is 0 Å². The van der Waals surface area contributed by atoms with Crippen LogP contribution < -0.4 is 0 Å². The first kappa shape index (κ1) is 19.0. The van der Waals surface area contributed by atoms with E-state index in [4.69, 9.17) is 4.74 Å². The summed E-state index contributed by atoms with van der Waals surface area (Å²) < 4.78 is 6.12. The molecule has 0 unspecified atom stereocenters. The van der Waals surface area contributed by atoms with E-state index in [0.29, 0.717) is 17.4 Å². The molecule has 1 aliphatic carbocycles. The van der Waals surface area contributed by atoms with Gasteiger partial charge in [0.05, 0.1) is 5.56 Å². The molecule has 0 saturated heterocycles. The average molecular weight is 331 g/mol. The summed E-state index contributed by atoms with van der Waals surface area (Å²) in [7, 11) is 0. The molecule has 1 fully saturated rings. The zero-order chi connectivity index (χ0) is 17.6. The van der Waals surface area contributed by atoms with Gasteiger partial charge in [-0.25, -0.2) is 4.79 Å². The van der Waals surface area contributed by atoms with Gasteiger partial charge in [-0.1, -0.05) is 52.7 Å². The van der Waals surface area contributed by atoms with Crippen molar-refractivity contribution in [2.75, 3.05) is 0 Å². The highest BCUT2D eigenvalue weighted by Crippen LogP contribution is 2.41. The lowest BCUT2D eigenvalue weighted by atomic mass is 9.81. The minimum absolute atomic E-state index is 0.151. The van der Waals surface area contributed by atoms with Crippen LogP contribution in [0.2, 0.25) is 0 Å². The van der Waals surface area contributed by atoms with E-state index in [1.807, 2.05) is 12.1 Å². The molecule has 134 valence electrons. The Labute approximate surface area is 148 Å². The van der Waals surface area contributed by atoms with Gasteiger partial charge >= 0.3 is 5.97 Å². The lowest BCUT2D eigenvalue weighted by Gasteiger charge is -2.37. The first-order valence-corrected chi connectivity index (χ1v) is 9.93. The van der Waals surface area contributed by atoms with E-state index in [1.165, 1.54) is 31.2 Å². The second-order valence-electron chi connectivity index (χ2n) is 7.28. The van der Waals surface area contributed by atoms with Gasteiger partial charge in [0.2, 0.25) is 0 Å². The Morgan fingerprint density at radius 1 is 1.04 bits per heavy atom. The van der Waals surface area contributed by atoms with Crippen LogP contribution in [0.1, 0.15) is 101 Å². The standard InChI is InChI=1S/C22H34O2/c1-5-17(6-2)18-13-15-19(16-14-18)21(23)24-22(7-3,8-4)20-11-9-10-12-20/h13-17,20H,5-12H2,1-4H3. The summed E-state index contributed by atoms with van der Waals surface area (Å²) in [5, 5.41) is 0.